The van der Waals surface area contributed by atoms with Crippen LogP contribution in [0.1, 0.15) is 30.3 Å². The minimum absolute atomic E-state index is 0.0269. The molecule has 2 aromatic rings. The van der Waals surface area contributed by atoms with Crippen molar-refractivity contribution in [3.63, 3.8) is 0 Å². The lowest BCUT2D eigenvalue weighted by atomic mass is 10.2. The van der Waals surface area contributed by atoms with Crippen LogP contribution in [0.3, 0.4) is 0 Å². The average Bonchev–Trinajstić information content (AvgIpc) is 3.03. The van der Waals surface area contributed by atoms with E-state index in [2.05, 4.69) is 15.1 Å². The quantitative estimate of drug-likeness (QED) is 0.376. The summed E-state index contributed by atoms with van der Waals surface area (Å²) in [7, 11) is 0. The van der Waals surface area contributed by atoms with Crippen LogP contribution in [-0.2, 0) is 12.7 Å². The first kappa shape index (κ1) is 24.0. The van der Waals surface area contributed by atoms with E-state index in [0.717, 1.165) is 24.2 Å². The number of anilines is 2. The number of hydrogen-bond donors (Lipinski definition) is 1. The molecule has 29 heavy (non-hydrogen) atoms. The number of aromatic nitrogens is 1. The molecule has 0 unspecified atom stereocenters. The molecular formula is C18H18Cl3F3N4S. The van der Waals surface area contributed by atoms with Gasteiger partial charge in [-0.2, -0.15) is 13.2 Å². The second-order valence-electron chi connectivity index (χ2n) is 6.17. The molecule has 0 saturated heterocycles. The highest BCUT2D eigenvalue weighted by atomic mass is 35.5. The summed E-state index contributed by atoms with van der Waals surface area (Å²) in [5.41, 5.74) is -0.710. The molecule has 0 atom stereocenters. The van der Waals surface area contributed by atoms with E-state index >= 15 is 0 Å². The summed E-state index contributed by atoms with van der Waals surface area (Å²) in [6.07, 6.45) is -2.86. The zero-order valence-corrected chi connectivity index (χ0v) is 18.5. The molecule has 11 heteroatoms. The Balaban J connectivity index is 2.33. The number of rotatable bonds is 9. The maximum Gasteiger partial charge on any atom is 0.434 e. The third kappa shape index (κ3) is 6.90. The summed E-state index contributed by atoms with van der Waals surface area (Å²) < 4.78 is 40.6. The van der Waals surface area contributed by atoms with Gasteiger partial charge in [0.25, 0.3) is 0 Å². The number of alkyl halides is 3. The van der Waals surface area contributed by atoms with Gasteiger partial charge in [0.1, 0.15) is 0 Å². The third-order valence-corrected chi connectivity index (χ3v) is 5.70. The van der Waals surface area contributed by atoms with Crippen molar-refractivity contribution in [1.29, 1.82) is 0 Å². The molecule has 0 spiro atoms. The summed E-state index contributed by atoms with van der Waals surface area (Å²) in [4.78, 5) is 8.96. The number of halogens is 6. The van der Waals surface area contributed by atoms with E-state index in [1.54, 1.807) is 0 Å². The topological polar surface area (TPSA) is 32.5 Å². The van der Waals surface area contributed by atoms with Gasteiger partial charge in [0.2, 0.25) is 6.54 Å². The number of benzene rings is 1. The molecular weight excluding hydrogens is 468 g/mol. The van der Waals surface area contributed by atoms with Gasteiger partial charge in [0.15, 0.2) is 10.8 Å². The molecule has 1 heterocycles. The van der Waals surface area contributed by atoms with Crippen LogP contribution >= 0.6 is 46.1 Å². The monoisotopic (exact) mass is 484 g/mol. The van der Waals surface area contributed by atoms with Crippen molar-refractivity contribution in [2.24, 2.45) is 0 Å². The summed E-state index contributed by atoms with van der Waals surface area (Å²) in [5.74, 6) is 0. The Labute approximate surface area is 186 Å². The Morgan fingerprint density at radius 1 is 1.21 bits per heavy atom. The average molecular weight is 486 g/mol. The Morgan fingerprint density at radius 2 is 1.86 bits per heavy atom. The van der Waals surface area contributed by atoms with Gasteiger partial charge in [0.05, 0.1) is 27.2 Å². The highest BCUT2D eigenvalue weighted by Gasteiger charge is 2.38. The molecule has 158 valence electrons. The molecule has 0 fully saturated rings. The smallest absolute Gasteiger partial charge is 0.329 e. The lowest BCUT2D eigenvalue weighted by Gasteiger charge is -2.19. The zero-order valence-electron chi connectivity index (χ0n) is 15.4. The Bertz CT molecular complexity index is 857. The molecule has 1 aromatic heterocycles. The summed E-state index contributed by atoms with van der Waals surface area (Å²) in [5, 5.41) is 3.47. The number of thiazole rings is 1. The van der Waals surface area contributed by atoms with Crippen LogP contribution in [0.15, 0.2) is 12.1 Å². The Hall–Kier alpha value is -1.24. The molecule has 0 bridgehead atoms. The molecule has 0 aliphatic rings. The van der Waals surface area contributed by atoms with E-state index in [0.29, 0.717) is 18.1 Å². The molecule has 0 saturated carbocycles. The van der Waals surface area contributed by atoms with E-state index in [4.69, 9.17) is 41.4 Å². The van der Waals surface area contributed by atoms with Crippen LogP contribution in [0, 0.1) is 6.57 Å². The van der Waals surface area contributed by atoms with Gasteiger partial charge < -0.3 is 10.2 Å². The standard InChI is InChI=1S/C18H18Cl3F3N4S/c1-3-4-6-28(7-5-25-2)10-14-16(18(22,23)24)27-17(29-14)26-15-12(20)8-11(19)9-13(15)21/h8-9H,3-7,10H2,1H3,(H,26,27). The van der Waals surface area contributed by atoms with E-state index in [1.807, 2.05) is 11.8 Å². The maximum absolute atomic E-state index is 13.5. The van der Waals surface area contributed by atoms with E-state index in [1.165, 1.54) is 12.1 Å². The second-order valence-corrected chi connectivity index (χ2v) is 8.50. The Morgan fingerprint density at radius 3 is 2.41 bits per heavy atom. The number of hydrogen-bond acceptors (Lipinski definition) is 4. The van der Waals surface area contributed by atoms with Gasteiger partial charge in [0, 0.05) is 11.6 Å². The zero-order chi connectivity index (χ0) is 21.6. The first-order valence-corrected chi connectivity index (χ1v) is 10.6. The van der Waals surface area contributed by atoms with Crippen molar-refractivity contribution in [2.75, 3.05) is 25.0 Å². The largest absolute Gasteiger partial charge is 0.434 e. The van der Waals surface area contributed by atoms with Crippen LogP contribution in [0.5, 0.6) is 0 Å². The van der Waals surface area contributed by atoms with Gasteiger partial charge in [-0.3, -0.25) is 4.90 Å². The minimum Gasteiger partial charge on any atom is -0.329 e. The highest BCUT2D eigenvalue weighted by molar-refractivity contribution is 7.15. The van der Waals surface area contributed by atoms with Gasteiger partial charge in [-0.15, -0.1) is 0 Å². The second kappa shape index (κ2) is 10.7. The van der Waals surface area contributed by atoms with Crippen molar-refractivity contribution in [3.8, 4) is 0 Å². The molecule has 4 nitrogen and oxygen atoms in total. The number of nitrogens with one attached hydrogen (secondary N) is 1. The minimum atomic E-state index is -4.60. The normalized spacial score (nSPS) is 11.7. The molecule has 1 aromatic carbocycles. The van der Waals surface area contributed by atoms with Gasteiger partial charge in [-0.1, -0.05) is 59.5 Å². The van der Waals surface area contributed by atoms with Crippen LogP contribution in [0.2, 0.25) is 15.1 Å². The predicted molar refractivity (Wildman–Crippen MR) is 114 cm³/mol. The summed E-state index contributed by atoms with van der Waals surface area (Å²) in [6, 6.07) is 2.88. The fraction of sp³-hybridized carbons (Fsp3) is 0.444. The van der Waals surface area contributed by atoms with E-state index in [-0.39, 0.29) is 38.8 Å². The summed E-state index contributed by atoms with van der Waals surface area (Å²) in [6.45, 7) is 10.2. The van der Waals surface area contributed by atoms with Gasteiger partial charge in [-0.05, 0) is 25.1 Å². The van der Waals surface area contributed by atoms with E-state index < -0.39 is 11.9 Å². The van der Waals surface area contributed by atoms with Gasteiger partial charge in [-0.25, -0.2) is 11.6 Å². The molecule has 0 radical (unpaired) electrons. The van der Waals surface area contributed by atoms with Crippen LogP contribution < -0.4 is 5.32 Å². The highest BCUT2D eigenvalue weighted by Crippen LogP contribution is 2.40. The van der Waals surface area contributed by atoms with Crippen molar-refractivity contribution < 1.29 is 13.2 Å². The van der Waals surface area contributed by atoms with E-state index in [9.17, 15) is 13.2 Å². The number of unbranched alkanes of at least 4 members (excludes halogenated alkanes) is 1. The van der Waals surface area contributed by atoms with Crippen molar-refractivity contribution in [2.45, 2.75) is 32.5 Å². The van der Waals surface area contributed by atoms with Crippen LogP contribution in [0.25, 0.3) is 4.85 Å². The lowest BCUT2D eigenvalue weighted by Crippen LogP contribution is -2.27. The molecule has 1 N–H and O–H groups in total. The van der Waals surface area contributed by atoms with Crippen LogP contribution in [-0.4, -0.2) is 29.5 Å². The van der Waals surface area contributed by atoms with Crippen molar-refractivity contribution in [1.82, 2.24) is 9.88 Å². The first-order chi connectivity index (χ1) is 13.7. The molecule has 0 aliphatic heterocycles. The molecule has 0 aliphatic carbocycles. The number of nitrogens with zero attached hydrogens (tertiary/aromatic N) is 3. The molecule has 2 rings (SSSR count). The SMILES string of the molecule is [C-]#[N+]CCN(CCCC)Cc1sc(Nc2c(Cl)cc(Cl)cc2Cl)nc1C(F)(F)F. The van der Waals surface area contributed by atoms with Crippen molar-refractivity contribution in [3.05, 3.63) is 49.2 Å². The fourth-order valence-corrected chi connectivity index (χ4v) is 4.49. The Kier molecular flexibility index (Phi) is 8.86. The van der Waals surface area contributed by atoms with Crippen molar-refractivity contribution >= 4 is 57.0 Å². The summed E-state index contributed by atoms with van der Waals surface area (Å²) >= 11 is 19.0. The van der Waals surface area contributed by atoms with Crippen LogP contribution in [0.4, 0.5) is 24.0 Å². The van der Waals surface area contributed by atoms with Gasteiger partial charge >= 0.3 is 6.18 Å². The third-order valence-electron chi connectivity index (χ3n) is 3.93. The maximum atomic E-state index is 13.5. The first-order valence-electron chi connectivity index (χ1n) is 8.69. The lowest BCUT2D eigenvalue weighted by molar-refractivity contribution is -0.141. The molecule has 0 amide bonds. The fourth-order valence-electron chi connectivity index (χ4n) is 2.55. The predicted octanol–water partition coefficient (Wildman–Crippen LogP) is 7.39.